The second-order valence-electron chi connectivity index (χ2n) is 29.7. The van der Waals surface area contributed by atoms with Gasteiger partial charge >= 0.3 is 0 Å². The lowest BCUT2D eigenvalue weighted by Gasteiger charge is -2.10. The molecule has 8 bridgehead atoms. The number of aromatic amines is 2. The second kappa shape index (κ2) is 31.4. The minimum atomic E-state index is 0.567. The van der Waals surface area contributed by atoms with Crippen LogP contribution in [0.25, 0.3) is 181 Å². The van der Waals surface area contributed by atoms with Crippen LogP contribution in [-0.4, -0.2) is 99.8 Å². The van der Waals surface area contributed by atoms with Crippen molar-refractivity contribution in [3.05, 3.63) is 386 Å². The zero-order valence-electron chi connectivity index (χ0n) is 64.5. The average molecular weight is 1550 g/mol. The molecule has 0 aliphatic carbocycles. The van der Waals surface area contributed by atoms with E-state index in [1.165, 1.54) is 0 Å². The molecule has 20 heteroatoms. The number of hydrogen-bond donors (Lipinski definition) is 2. The van der Waals surface area contributed by atoms with Gasteiger partial charge in [0.25, 0.3) is 0 Å². The van der Waals surface area contributed by atoms with Crippen LogP contribution in [0.15, 0.2) is 341 Å². The molecule has 120 heavy (non-hydrogen) atoms. The molecule has 2 N–H and O–H groups in total. The van der Waals surface area contributed by atoms with E-state index in [4.69, 9.17) is 9.97 Å². The van der Waals surface area contributed by atoms with Crippen LogP contribution in [0.3, 0.4) is 0 Å². The molecule has 570 valence electrons. The van der Waals surface area contributed by atoms with E-state index in [-0.39, 0.29) is 0 Å². The Kier molecular flexibility index (Phi) is 18.6. The summed E-state index contributed by atoms with van der Waals surface area (Å²) in [6.45, 7) is 2.27. The van der Waals surface area contributed by atoms with Gasteiger partial charge < -0.3 is 9.97 Å². The molecule has 11 aromatic heterocycles. The number of aromatic nitrogens is 20. The third-order valence-corrected chi connectivity index (χ3v) is 21.8. The maximum absolute atomic E-state index is 5.74. The largest absolute Gasteiger partial charge is 0.354 e. The Balaban J connectivity index is 0.672. The summed E-state index contributed by atoms with van der Waals surface area (Å²) in [6, 6.07) is 102. The first-order valence-corrected chi connectivity index (χ1v) is 39.6. The molecule has 19 aromatic rings. The summed E-state index contributed by atoms with van der Waals surface area (Å²) in [5.41, 5.74) is 33.6. The lowest BCUT2D eigenvalue weighted by atomic mass is 9.98. The third-order valence-electron chi connectivity index (χ3n) is 21.8. The standard InChI is InChI=1S/C100H70N20/c1-5-53-101-81(9-1)93-61-117(113-109-93)57-65-13-21-69(22-14-65)73-29-37-77(38-30-73)97-85-45-47-87(105-85)98(78-39-31-74(32-40-78)70-23-15-66(16-24-70)58-118-62-94(110-114-118)82-10-2-6-54-102-82)89-49-51-91(107-89)100(80-43-35-76(36-44-80)72-27-19-68(20-28-72)60-120-64-96(112-116-120)84-12-4-8-56-104-84)92-52-50-90(108-92)99(88-48-46-86(97)106-88)79-41-33-75(34-42-79)71-25-17-67(18-26-71)59-119-63-95(111-115-119)83-11-3-7-55-103-83/h1-56,61-64,105,108H,57-60H2. The van der Waals surface area contributed by atoms with Crippen molar-refractivity contribution in [3.8, 4) is 135 Å². The number of nitrogens with zero attached hydrogens (tertiary/aromatic N) is 18. The summed E-state index contributed by atoms with van der Waals surface area (Å²) in [5.74, 6) is 0. The fourth-order valence-electron chi connectivity index (χ4n) is 15.7. The summed E-state index contributed by atoms with van der Waals surface area (Å²) in [7, 11) is 0. The molecule has 2 aliphatic heterocycles. The maximum atomic E-state index is 5.74. The van der Waals surface area contributed by atoms with E-state index in [1.54, 1.807) is 24.8 Å². The highest BCUT2D eigenvalue weighted by Crippen LogP contribution is 2.41. The van der Waals surface area contributed by atoms with Gasteiger partial charge in [-0.05, 0) is 186 Å². The number of nitrogens with one attached hydrogen (secondary N) is 2. The van der Waals surface area contributed by atoms with E-state index < -0.39 is 0 Å². The van der Waals surface area contributed by atoms with E-state index in [0.29, 0.717) is 26.2 Å². The Bertz CT molecular complexity index is 6320. The van der Waals surface area contributed by atoms with Gasteiger partial charge in [-0.3, -0.25) is 19.9 Å². The Labute approximate surface area is 688 Å². The Morgan fingerprint density at radius 1 is 0.200 bits per heavy atom. The van der Waals surface area contributed by atoms with Crippen molar-refractivity contribution in [2.24, 2.45) is 0 Å². The molecular weight excluding hydrogens is 1480 g/mol. The Morgan fingerprint density at radius 2 is 0.400 bits per heavy atom. The summed E-state index contributed by atoms with van der Waals surface area (Å²) in [4.78, 5) is 37.4. The third kappa shape index (κ3) is 14.8. The van der Waals surface area contributed by atoms with Crippen molar-refractivity contribution in [1.29, 1.82) is 0 Å². The van der Waals surface area contributed by atoms with Gasteiger partial charge in [0, 0.05) is 69.1 Å². The van der Waals surface area contributed by atoms with Crippen LogP contribution in [-0.2, 0) is 26.2 Å². The SMILES string of the molecule is C1=Cc2nc1c(-c1ccc(-c3ccc(Cn4cc(-c5ccccn5)nn4)cc3)cc1)c1ccc([nH]1)c(-c1ccc(-c3ccc(Cn4cc(-c5ccccn5)nn4)cc3)cc1)c1nc(c(-c3ccc(-c4ccc(Cn5cc(-c6ccccn6)nn5)cc4)cc3)c3ccc([nH]3)c2-c2ccc(-c3ccc(Cn4cc(-c5ccccn5)nn4)cc3)cc2)C=C1. The van der Waals surface area contributed by atoms with Crippen molar-refractivity contribution in [2.75, 3.05) is 0 Å². The zero-order valence-corrected chi connectivity index (χ0v) is 64.5. The van der Waals surface area contributed by atoms with Crippen LogP contribution in [0.5, 0.6) is 0 Å². The van der Waals surface area contributed by atoms with Gasteiger partial charge in [-0.2, -0.15) is 0 Å². The van der Waals surface area contributed by atoms with Crippen molar-refractivity contribution in [3.63, 3.8) is 0 Å². The molecule has 8 aromatic carbocycles. The number of hydrogen-bond acceptors (Lipinski definition) is 14. The quantitative estimate of drug-likeness (QED) is 0.0723. The molecule has 20 nitrogen and oxygen atoms in total. The number of pyridine rings is 4. The molecule has 13 heterocycles. The van der Waals surface area contributed by atoms with Gasteiger partial charge in [-0.1, -0.05) is 239 Å². The van der Waals surface area contributed by atoms with E-state index in [0.717, 1.165) is 202 Å². The van der Waals surface area contributed by atoms with Gasteiger partial charge in [-0.25, -0.2) is 28.7 Å². The van der Waals surface area contributed by atoms with Crippen LogP contribution in [0, 0.1) is 0 Å². The summed E-state index contributed by atoms with van der Waals surface area (Å²) >= 11 is 0. The lowest BCUT2D eigenvalue weighted by molar-refractivity contribution is 0.650. The molecule has 0 amide bonds. The molecule has 0 unspecified atom stereocenters. The van der Waals surface area contributed by atoms with E-state index >= 15 is 0 Å². The van der Waals surface area contributed by atoms with Crippen LogP contribution in [0.1, 0.15) is 45.0 Å². The monoisotopic (exact) mass is 1550 g/mol. The number of H-pyrrole nitrogens is 2. The minimum Gasteiger partial charge on any atom is -0.354 e. The predicted molar refractivity (Wildman–Crippen MR) is 472 cm³/mol. The molecule has 0 spiro atoms. The van der Waals surface area contributed by atoms with Crippen LogP contribution in [0.4, 0.5) is 0 Å². The van der Waals surface area contributed by atoms with Crippen LogP contribution >= 0.6 is 0 Å². The normalized spacial score (nSPS) is 11.7. The Morgan fingerprint density at radius 3 is 0.600 bits per heavy atom. The van der Waals surface area contributed by atoms with Gasteiger partial charge in [0.2, 0.25) is 0 Å². The summed E-state index contributed by atoms with van der Waals surface area (Å²) in [6.07, 6.45) is 23.4. The topological polar surface area (TPSA) is 232 Å². The highest BCUT2D eigenvalue weighted by molar-refractivity contribution is 6.00. The molecule has 21 rings (SSSR count). The van der Waals surface area contributed by atoms with Crippen molar-refractivity contribution in [1.82, 2.24) is 99.8 Å². The first-order valence-electron chi connectivity index (χ1n) is 39.6. The van der Waals surface area contributed by atoms with Gasteiger partial charge in [0.15, 0.2) is 0 Å². The number of benzene rings is 8. The van der Waals surface area contributed by atoms with E-state index in [9.17, 15) is 0 Å². The molecule has 0 saturated heterocycles. The first kappa shape index (κ1) is 71.3. The Hall–Kier alpha value is -16.5. The average Bonchev–Trinajstić information content (AvgIpc) is 1.60. The maximum Gasteiger partial charge on any atom is 0.131 e. The highest BCUT2D eigenvalue weighted by atomic mass is 15.4. The molecule has 0 atom stereocenters. The minimum absolute atomic E-state index is 0.567. The second-order valence-corrected chi connectivity index (χ2v) is 29.7. The molecule has 0 saturated carbocycles. The smallest absolute Gasteiger partial charge is 0.131 e. The molecular formula is C100H70N20. The van der Waals surface area contributed by atoms with Gasteiger partial charge in [-0.15, -0.1) is 20.4 Å². The van der Waals surface area contributed by atoms with Gasteiger partial charge in [0.1, 0.15) is 22.8 Å². The van der Waals surface area contributed by atoms with Crippen LogP contribution < -0.4 is 0 Å². The number of fused-ring (bicyclic) bond motifs is 8. The molecule has 0 radical (unpaired) electrons. The summed E-state index contributed by atoms with van der Waals surface area (Å²) in [5, 5.41) is 35.3. The fraction of sp³-hybridized carbons (Fsp3) is 0.0400. The van der Waals surface area contributed by atoms with E-state index in [2.05, 4.69) is 314 Å². The van der Waals surface area contributed by atoms with Crippen molar-refractivity contribution in [2.45, 2.75) is 26.2 Å². The molecule has 2 aliphatic rings. The zero-order chi connectivity index (χ0) is 79.7. The van der Waals surface area contributed by atoms with E-state index in [1.807, 2.05) is 116 Å². The number of rotatable bonds is 20. The molecule has 0 fully saturated rings. The lowest BCUT2D eigenvalue weighted by Crippen LogP contribution is -2.00. The van der Waals surface area contributed by atoms with Gasteiger partial charge in [0.05, 0.1) is 96.5 Å². The highest BCUT2D eigenvalue weighted by Gasteiger charge is 2.22. The predicted octanol–water partition coefficient (Wildman–Crippen LogP) is 20.8. The van der Waals surface area contributed by atoms with Crippen molar-refractivity contribution >= 4 is 46.4 Å². The fourth-order valence-corrected chi connectivity index (χ4v) is 15.7. The first-order chi connectivity index (χ1) is 59.3. The van der Waals surface area contributed by atoms with Crippen molar-refractivity contribution < 1.29 is 0 Å². The summed E-state index contributed by atoms with van der Waals surface area (Å²) < 4.78 is 7.39. The van der Waals surface area contributed by atoms with Crippen LogP contribution in [0.2, 0.25) is 0 Å².